The number of hydrogen-bond donors (Lipinski definition) is 1. The number of nitrogens with one attached hydrogen (secondary N) is 1. The van der Waals surface area contributed by atoms with E-state index in [4.69, 9.17) is 0 Å². The summed E-state index contributed by atoms with van der Waals surface area (Å²) >= 11 is 0. The molecule has 0 amide bonds. The summed E-state index contributed by atoms with van der Waals surface area (Å²) in [6.07, 6.45) is 1.76. The van der Waals surface area contributed by atoms with Crippen molar-refractivity contribution >= 4 is 15.7 Å². The lowest BCUT2D eigenvalue weighted by molar-refractivity contribution is 0.551. The molecule has 3 rings (SSSR count). The SMILES string of the molecule is Cn1ccc(-c2cccc(NS(=O)(=O)c3ccc(F)cc3F)c2)n1. The molecular formula is C16H13F2N3O2S. The van der Waals surface area contributed by atoms with E-state index in [0.717, 1.165) is 12.1 Å². The van der Waals surface area contributed by atoms with Crippen LogP contribution < -0.4 is 4.72 Å². The van der Waals surface area contributed by atoms with Crippen molar-refractivity contribution < 1.29 is 17.2 Å². The lowest BCUT2D eigenvalue weighted by Gasteiger charge is -2.10. The number of nitrogens with zero attached hydrogens (tertiary/aromatic N) is 2. The predicted molar refractivity (Wildman–Crippen MR) is 85.8 cm³/mol. The fraction of sp³-hybridized carbons (Fsp3) is 0.0625. The van der Waals surface area contributed by atoms with Gasteiger partial charge < -0.3 is 0 Å². The van der Waals surface area contributed by atoms with Gasteiger partial charge >= 0.3 is 0 Å². The van der Waals surface area contributed by atoms with Crippen LogP contribution in [0.4, 0.5) is 14.5 Å². The van der Waals surface area contributed by atoms with E-state index in [2.05, 4.69) is 9.82 Å². The number of rotatable bonds is 4. The zero-order chi connectivity index (χ0) is 17.3. The van der Waals surface area contributed by atoms with Crippen LogP contribution >= 0.6 is 0 Å². The zero-order valence-corrected chi connectivity index (χ0v) is 13.4. The molecule has 0 saturated carbocycles. The van der Waals surface area contributed by atoms with E-state index in [9.17, 15) is 17.2 Å². The largest absolute Gasteiger partial charge is 0.280 e. The molecule has 2 aromatic carbocycles. The molecule has 0 unspecified atom stereocenters. The number of benzene rings is 2. The standard InChI is InChI=1S/C16H13F2N3O2S/c1-21-8-7-15(19-21)11-3-2-4-13(9-11)20-24(22,23)16-6-5-12(17)10-14(16)18/h2-10,20H,1H3. The summed E-state index contributed by atoms with van der Waals surface area (Å²) in [5, 5.41) is 4.24. The molecule has 1 heterocycles. The Morgan fingerprint density at radius 3 is 2.54 bits per heavy atom. The Labute approximate surface area is 137 Å². The molecule has 1 N–H and O–H groups in total. The van der Waals surface area contributed by atoms with E-state index in [-0.39, 0.29) is 5.69 Å². The van der Waals surface area contributed by atoms with Gasteiger partial charge in [0.2, 0.25) is 0 Å². The Hall–Kier alpha value is -2.74. The molecule has 5 nitrogen and oxygen atoms in total. The smallest absolute Gasteiger partial charge is 0.264 e. The molecule has 124 valence electrons. The van der Waals surface area contributed by atoms with Gasteiger partial charge in [-0.05, 0) is 30.3 Å². The molecule has 3 aromatic rings. The first-order chi connectivity index (χ1) is 11.3. The van der Waals surface area contributed by atoms with Crippen LogP contribution in [0.2, 0.25) is 0 Å². The molecule has 0 atom stereocenters. The van der Waals surface area contributed by atoms with Crippen molar-refractivity contribution in [1.29, 1.82) is 0 Å². The third-order valence-corrected chi connectivity index (χ3v) is 4.72. The quantitative estimate of drug-likeness (QED) is 0.787. The molecule has 0 aliphatic rings. The van der Waals surface area contributed by atoms with Gasteiger partial charge in [-0.2, -0.15) is 5.10 Å². The van der Waals surface area contributed by atoms with Crippen molar-refractivity contribution in [3.05, 3.63) is 66.4 Å². The first kappa shape index (κ1) is 16.1. The van der Waals surface area contributed by atoms with Crippen LogP contribution in [0.15, 0.2) is 59.6 Å². The second kappa shape index (κ2) is 6.04. The van der Waals surface area contributed by atoms with Crippen LogP contribution in [0, 0.1) is 11.6 Å². The minimum atomic E-state index is -4.17. The van der Waals surface area contributed by atoms with Gasteiger partial charge in [-0.3, -0.25) is 9.40 Å². The average molecular weight is 349 g/mol. The highest BCUT2D eigenvalue weighted by molar-refractivity contribution is 7.92. The number of aromatic nitrogens is 2. The molecule has 0 saturated heterocycles. The van der Waals surface area contributed by atoms with E-state index in [0.29, 0.717) is 17.3 Å². The van der Waals surface area contributed by atoms with E-state index in [1.807, 2.05) is 0 Å². The van der Waals surface area contributed by atoms with Crippen molar-refractivity contribution in [3.63, 3.8) is 0 Å². The van der Waals surface area contributed by atoms with Crippen LogP contribution in [-0.4, -0.2) is 18.2 Å². The third kappa shape index (κ3) is 3.28. The molecule has 24 heavy (non-hydrogen) atoms. The normalized spacial score (nSPS) is 11.5. The average Bonchev–Trinajstić information content (AvgIpc) is 2.93. The molecule has 8 heteroatoms. The Kier molecular flexibility index (Phi) is 4.06. The van der Waals surface area contributed by atoms with E-state index in [1.54, 1.807) is 42.2 Å². The molecule has 1 aromatic heterocycles. The van der Waals surface area contributed by atoms with E-state index >= 15 is 0 Å². The molecule has 0 fully saturated rings. The zero-order valence-electron chi connectivity index (χ0n) is 12.6. The molecule has 0 aliphatic heterocycles. The summed E-state index contributed by atoms with van der Waals surface area (Å²) < 4.78 is 55.2. The van der Waals surface area contributed by atoms with E-state index < -0.39 is 26.6 Å². The highest BCUT2D eigenvalue weighted by Crippen LogP contribution is 2.24. The highest BCUT2D eigenvalue weighted by Gasteiger charge is 2.20. The van der Waals surface area contributed by atoms with Crippen LogP contribution in [0.25, 0.3) is 11.3 Å². The summed E-state index contributed by atoms with van der Waals surface area (Å²) in [4.78, 5) is -0.618. The third-order valence-electron chi connectivity index (χ3n) is 3.31. The summed E-state index contributed by atoms with van der Waals surface area (Å²) in [5.41, 5.74) is 1.63. The minimum Gasteiger partial charge on any atom is -0.280 e. The number of halogens is 2. The second-order valence-electron chi connectivity index (χ2n) is 5.14. The van der Waals surface area contributed by atoms with Gasteiger partial charge in [0.25, 0.3) is 10.0 Å². The Balaban J connectivity index is 1.93. The lowest BCUT2D eigenvalue weighted by atomic mass is 10.1. The Morgan fingerprint density at radius 2 is 1.88 bits per heavy atom. The summed E-state index contributed by atoms with van der Waals surface area (Å²) in [6.45, 7) is 0. The number of sulfonamides is 1. The molecular weight excluding hydrogens is 336 g/mol. The van der Waals surface area contributed by atoms with E-state index in [1.165, 1.54) is 6.07 Å². The van der Waals surface area contributed by atoms with Gasteiger partial charge in [0.05, 0.1) is 5.69 Å². The van der Waals surface area contributed by atoms with Gasteiger partial charge in [-0.15, -0.1) is 0 Å². The summed E-state index contributed by atoms with van der Waals surface area (Å²) in [7, 11) is -2.40. The number of aryl methyl sites for hydroxylation is 1. The molecule has 0 radical (unpaired) electrons. The topological polar surface area (TPSA) is 64.0 Å². The highest BCUT2D eigenvalue weighted by atomic mass is 32.2. The monoisotopic (exact) mass is 349 g/mol. The maximum absolute atomic E-state index is 13.7. The maximum atomic E-state index is 13.7. The second-order valence-corrected chi connectivity index (χ2v) is 6.79. The fourth-order valence-electron chi connectivity index (χ4n) is 2.21. The van der Waals surface area contributed by atoms with Gasteiger partial charge in [0.1, 0.15) is 16.5 Å². The van der Waals surface area contributed by atoms with Crippen molar-refractivity contribution in [1.82, 2.24) is 9.78 Å². The van der Waals surface area contributed by atoms with Crippen molar-refractivity contribution in [3.8, 4) is 11.3 Å². The molecule has 0 bridgehead atoms. The first-order valence-electron chi connectivity index (χ1n) is 6.93. The first-order valence-corrected chi connectivity index (χ1v) is 8.41. The minimum absolute atomic E-state index is 0.252. The fourth-order valence-corrected chi connectivity index (χ4v) is 3.32. The van der Waals surface area contributed by atoms with Crippen molar-refractivity contribution in [2.24, 2.45) is 7.05 Å². The predicted octanol–water partition coefficient (Wildman–Crippen LogP) is 3.17. The molecule has 0 spiro atoms. The Bertz CT molecular complexity index is 1000. The summed E-state index contributed by atoms with van der Waals surface area (Å²) in [5.74, 6) is -1.99. The maximum Gasteiger partial charge on any atom is 0.264 e. The van der Waals surface area contributed by atoms with Gasteiger partial charge in [0, 0.05) is 30.6 Å². The van der Waals surface area contributed by atoms with Gasteiger partial charge in [-0.1, -0.05) is 12.1 Å². The van der Waals surface area contributed by atoms with Crippen molar-refractivity contribution in [2.45, 2.75) is 4.90 Å². The summed E-state index contributed by atoms with van der Waals surface area (Å²) in [6, 6.07) is 10.6. The van der Waals surface area contributed by atoms with Crippen LogP contribution in [0.1, 0.15) is 0 Å². The van der Waals surface area contributed by atoms with Crippen molar-refractivity contribution in [2.75, 3.05) is 4.72 Å². The number of anilines is 1. The van der Waals surface area contributed by atoms with Crippen LogP contribution in [0.3, 0.4) is 0 Å². The van der Waals surface area contributed by atoms with Crippen LogP contribution in [-0.2, 0) is 17.1 Å². The Morgan fingerprint density at radius 1 is 1.08 bits per heavy atom. The van der Waals surface area contributed by atoms with Gasteiger partial charge in [-0.25, -0.2) is 17.2 Å². The lowest BCUT2D eigenvalue weighted by Crippen LogP contribution is -2.14. The van der Waals surface area contributed by atoms with Gasteiger partial charge in [0.15, 0.2) is 0 Å². The van der Waals surface area contributed by atoms with Crippen LogP contribution in [0.5, 0.6) is 0 Å². The number of hydrogen-bond acceptors (Lipinski definition) is 3. The molecule has 0 aliphatic carbocycles.